The summed E-state index contributed by atoms with van der Waals surface area (Å²) in [6.45, 7) is 4.62. The van der Waals surface area contributed by atoms with Crippen LogP contribution in [0.25, 0.3) is 0 Å². The fraction of sp³-hybridized carbons (Fsp3) is 0.409. The highest BCUT2D eigenvalue weighted by atomic mass is 16.5. The Labute approximate surface area is 161 Å². The van der Waals surface area contributed by atoms with Gasteiger partial charge in [0.2, 0.25) is 0 Å². The Morgan fingerprint density at radius 3 is 2.52 bits per heavy atom. The van der Waals surface area contributed by atoms with Crippen molar-refractivity contribution in [3.05, 3.63) is 59.7 Å². The smallest absolute Gasteiger partial charge is 0.319 e. The standard InChI is InChI=1S/C22H29N3O2/c1-17-10-4-6-12-19(17)24-22(26)23-16-20(25-14-8-3-9-15-25)18-11-5-7-13-21(18)27-2/h4-7,10-13,20H,3,8-9,14-16H2,1-2H3,(H2,23,24,26). The van der Waals surface area contributed by atoms with Crippen LogP contribution in [0.5, 0.6) is 5.75 Å². The van der Waals surface area contributed by atoms with Crippen LogP contribution in [0.3, 0.4) is 0 Å². The van der Waals surface area contributed by atoms with E-state index in [9.17, 15) is 4.79 Å². The van der Waals surface area contributed by atoms with Gasteiger partial charge in [0.15, 0.2) is 0 Å². The summed E-state index contributed by atoms with van der Waals surface area (Å²) < 4.78 is 5.58. The van der Waals surface area contributed by atoms with Gasteiger partial charge in [-0.2, -0.15) is 0 Å². The number of rotatable bonds is 6. The number of piperidine rings is 1. The zero-order valence-electron chi connectivity index (χ0n) is 16.2. The van der Waals surface area contributed by atoms with Crippen LogP contribution in [0.15, 0.2) is 48.5 Å². The number of carbonyl (C=O) groups excluding carboxylic acids is 1. The first-order valence-corrected chi connectivity index (χ1v) is 9.66. The number of anilines is 1. The minimum Gasteiger partial charge on any atom is -0.496 e. The van der Waals surface area contributed by atoms with Gasteiger partial charge in [-0.25, -0.2) is 4.79 Å². The molecule has 5 heteroatoms. The number of nitrogens with zero attached hydrogens (tertiary/aromatic N) is 1. The van der Waals surface area contributed by atoms with Crippen LogP contribution in [-0.4, -0.2) is 37.7 Å². The van der Waals surface area contributed by atoms with Gasteiger partial charge < -0.3 is 15.4 Å². The maximum atomic E-state index is 12.5. The van der Waals surface area contributed by atoms with E-state index in [1.807, 2.05) is 49.4 Å². The first-order chi connectivity index (χ1) is 13.2. The van der Waals surface area contributed by atoms with Crippen LogP contribution in [-0.2, 0) is 0 Å². The van der Waals surface area contributed by atoms with E-state index in [1.165, 1.54) is 19.3 Å². The molecule has 0 bridgehead atoms. The van der Waals surface area contributed by atoms with Gasteiger partial charge in [0.25, 0.3) is 0 Å². The number of urea groups is 1. The predicted octanol–water partition coefficient (Wildman–Crippen LogP) is 4.35. The van der Waals surface area contributed by atoms with E-state index in [1.54, 1.807) is 7.11 Å². The molecule has 2 amide bonds. The van der Waals surface area contributed by atoms with Crippen LogP contribution in [0, 0.1) is 6.92 Å². The Bertz CT molecular complexity index is 757. The molecule has 2 aromatic rings. The number of aryl methyl sites for hydroxylation is 1. The van der Waals surface area contributed by atoms with Crippen LogP contribution in [0.4, 0.5) is 10.5 Å². The molecule has 1 heterocycles. The molecule has 3 rings (SSSR count). The fourth-order valence-corrected chi connectivity index (χ4v) is 3.68. The molecule has 0 aliphatic carbocycles. The summed E-state index contributed by atoms with van der Waals surface area (Å²) in [4.78, 5) is 14.9. The molecule has 144 valence electrons. The minimum absolute atomic E-state index is 0.101. The number of likely N-dealkylation sites (tertiary alicyclic amines) is 1. The maximum Gasteiger partial charge on any atom is 0.319 e. The van der Waals surface area contributed by atoms with E-state index in [0.29, 0.717) is 6.54 Å². The van der Waals surface area contributed by atoms with Gasteiger partial charge in [-0.15, -0.1) is 0 Å². The van der Waals surface area contributed by atoms with Crippen LogP contribution < -0.4 is 15.4 Å². The minimum atomic E-state index is -0.179. The van der Waals surface area contributed by atoms with Crippen molar-refractivity contribution in [2.45, 2.75) is 32.2 Å². The summed E-state index contributed by atoms with van der Waals surface area (Å²) in [5.74, 6) is 0.870. The van der Waals surface area contributed by atoms with Crippen molar-refractivity contribution in [2.24, 2.45) is 0 Å². The maximum absolute atomic E-state index is 12.5. The summed E-state index contributed by atoms with van der Waals surface area (Å²) >= 11 is 0. The van der Waals surface area contributed by atoms with Gasteiger partial charge in [-0.3, -0.25) is 4.90 Å². The van der Waals surface area contributed by atoms with Gasteiger partial charge in [-0.1, -0.05) is 42.8 Å². The first-order valence-electron chi connectivity index (χ1n) is 9.66. The van der Waals surface area contributed by atoms with E-state index < -0.39 is 0 Å². The lowest BCUT2D eigenvalue weighted by Crippen LogP contribution is -2.42. The Balaban J connectivity index is 1.71. The number of benzene rings is 2. The number of hydrogen-bond acceptors (Lipinski definition) is 3. The lowest BCUT2D eigenvalue weighted by atomic mass is 10.0. The Morgan fingerprint density at radius 1 is 1.07 bits per heavy atom. The van der Waals surface area contributed by atoms with Crippen molar-refractivity contribution < 1.29 is 9.53 Å². The lowest BCUT2D eigenvalue weighted by Gasteiger charge is -2.35. The third kappa shape index (κ3) is 5.01. The first kappa shape index (κ1) is 19.2. The normalized spacial score (nSPS) is 15.8. The number of hydrogen-bond donors (Lipinski definition) is 2. The molecule has 0 saturated carbocycles. The second-order valence-corrected chi connectivity index (χ2v) is 7.00. The summed E-state index contributed by atoms with van der Waals surface area (Å²) in [6, 6.07) is 15.8. The number of carbonyl (C=O) groups is 1. The summed E-state index contributed by atoms with van der Waals surface area (Å²) in [5, 5.41) is 6.01. The SMILES string of the molecule is COc1ccccc1C(CNC(=O)Nc1ccccc1C)N1CCCCC1. The van der Waals surface area contributed by atoms with E-state index >= 15 is 0 Å². The molecule has 1 fully saturated rings. The molecule has 0 spiro atoms. The van der Waals surface area contributed by atoms with Crippen LogP contribution in [0.1, 0.15) is 36.4 Å². The number of nitrogens with one attached hydrogen (secondary N) is 2. The van der Waals surface area contributed by atoms with E-state index in [0.717, 1.165) is 35.7 Å². The molecule has 1 aliphatic rings. The van der Waals surface area contributed by atoms with Gasteiger partial charge in [0.1, 0.15) is 5.75 Å². The van der Waals surface area contributed by atoms with Gasteiger partial charge in [0.05, 0.1) is 13.2 Å². The van der Waals surface area contributed by atoms with Crippen molar-refractivity contribution >= 4 is 11.7 Å². The largest absolute Gasteiger partial charge is 0.496 e. The van der Waals surface area contributed by atoms with Crippen LogP contribution in [0.2, 0.25) is 0 Å². The van der Waals surface area contributed by atoms with E-state index in [-0.39, 0.29) is 12.1 Å². The molecule has 2 N–H and O–H groups in total. The summed E-state index contributed by atoms with van der Waals surface area (Å²) in [7, 11) is 1.70. The molecule has 1 atom stereocenters. The number of amides is 2. The molecular formula is C22H29N3O2. The second-order valence-electron chi connectivity index (χ2n) is 7.00. The summed E-state index contributed by atoms with van der Waals surface area (Å²) in [5.41, 5.74) is 3.00. The molecule has 1 unspecified atom stereocenters. The highest BCUT2D eigenvalue weighted by molar-refractivity contribution is 5.90. The van der Waals surface area contributed by atoms with Crippen molar-refractivity contribution in [2.75, 3.05) is 32.1 Å². The zero-order valence-corrected chi connectivity index (χ0v) is 16.2. The average molecular weight is 367 g/mol. The third-order valence-corrected chi connectivity index (χ3v) is 5.18. The summed E-state index contributed by atoms with van der Waals surface area (Å²) in [6.07, 6.45) is 3.67. The molecule has 0 radical (unpaired) electrons. The lowest BCUT2D eigenvalue weighted by molar-refractivity contribution is 0.158. The Hall–Kier alpha value is -2.53. The Morgan fingerprint density at radius 2 is 1.78 bits per heavy atom. The number of para-hydroxylation sites is 2. The van der Waals surface area contributed by atoms with E-state index in [2.05, 4.69) is 21.6 Å². The zero-order chi connectivity index (χ0) is 19.1. The van der Waals surface area contributed by atoms with Crippen molar-refractivity contribution in [1.82, 2.24) is 10.2 Å². The number of ether oxygens (including phenoxy) is 1. The second kappa shape index (κ2) is 9.42. The average Bonchev–Trinajstić information content (AvgIpc) is 2.71. The molecule has 0 aromatic heterocycles. The molecule has 1 saturated heterocycles. The molecule has 27 heavy (non-hydrogen) atoms. The fourth-order valence-electron chi connectivity index (χ4n) is 3.68. The van der Waals surface area contributed by atoms with Gasteiger partial charge in [0, 0.05) is 17.8 Å². The topological polar surface area (TPSA) is 53.6 Å². The molecule has 2 aromatic carbocycles. The van der Waals surface area contributed by atoms with Crippen molar-refractivity contribution in [3.63, 3.8) is 0 Å². The number of methoxy groups -OCH3 is 1. The monoisotopic (exact) mass is 367 g/mol. The molecule has 5 nitrogen and oxygen atoms in total. The highest BCUT2D eigenvalue weighted by Gasteiger charge is 2.25. The van der Waals surface area contributed by atoms with Crippen molar-refractivity contribution in [3.8, 4) is 5.75 Å². The highest BCUT2D eigenvalue weighted by Crippen LogP contribution is 2.30. The van der Waals surface area contributed by atoms with Gasteiger partial charge in [-0.05, 0) is 50.6 Å². The Kier molecular flexibility index (Phi) is 6.71. The molecule has 1 aliphatic heterocycles. The molecular weight excluding hydrogens is 338 g/mol. The van der Waals surface area contributed by atoms with Gasteiger partial charge >= 0.3 is 6.03 Å². The quantitative estimate of drug-likeness (QED) is 0.798. The van der Waals surface area contributed by atoms with Crippen LogP contribution >= 0.6 is 0 Å². The van der Waals surface area contributed by atoms with E-state index in [4.69, 9.17) is 4.74 Å². The third-order valence-electron chi connectivity index (χ3n) is 5.18. The van der Waals surface area contributed by atoms with Crippen molar-refractivity contribution in [1.29, 1.82) is 0 Å². The predicted molar refractivity (Wildman–Crippen MR) is 109 cm³/mol.